The van der Waals surface area contributed by atoms with Gasteiger partial charge in [0.15, 0.2) is 0 Å². The number of aryl methyl sites for hydroxylation is 1. The second-order valence-electron chi connectivity index (χ2n) is 9.19. The third-order valence-corrected chi connectivity index (χ3v) is 5.99. The quantitative estimate of drug-likeness (QED) is 0.387. The van der Waals surface area contributed by atoms with E-state index in [0.29, 0.717) is 12.7 Å². The smallest absolute Gasteiger partial charge is 0.321 e. The van der Waals surface area contributed by atoms with Crippen LogP contribution >= 0.6 is 0 Å². The van der Waals surface area contributed by atoms with Crippen LogP contribution in [0.25, 0.3) is 16.6 Å². The first kappa shape index (κ1) is 25.1. The van der Waals surface area contributed by atoms with E-state index in [1.165, 1.54) is 10.6 Å². The molecule has 0 saturated carbocycles. The minimum Gasteiger partial charge on any atom is -0.484 e. The molecule has 0 spiro atoms. The Balaban J connectivity index is 1.69. The van der Waals surface area contributed by atoms with Crippen LogP contribution in [-0.4, -0.2) is 32.2 Å². The Bertz CT molecular complexity index is 1420. The van der Waals surface area contributed by atoms with E-state index in [9.17, 15) is 18.4 Å². The summed E-state index contributed by atoms with van der Waals surface area (Å²) in [6, 6.07) is 17.1. The first-order chi connectivity index (χ1) is 17.0. The van der Waals surface area contributed by atoms with Crippen molar-refractivity contribution in [3.8, 4) is 11.4 Å². The highest BCUT2D eigenvalue weighted by molar-refractivity contribution is 5.83. The monoisotopic (exact) mass is 494 g/mol. The van der Waals surface area contributed by atoms with Gasteiger partial charge in [0.2, 0.25) is 5.56 Å². The summed E-state index contributed by atoms with van der Waals surface area (Å²) < 4.78 is 37.0. The van der Waals surface area contributed by atoms with Gasteiger partial charge in [-0.25, -0.2) is 4.68 Å². The van der Waals surface area contributed by atoms with Crippen molar-refractivity contribution in [3.05, 3.63) is 89.0 Å². The van der Waals surface area contributed by atoms with E-state index in [0.717, 1.165) is 22.2 Å². The largest absolute Gasteiger partial charge is 0.484 e. The molecule has 0 unspecified atom stereocenters. The minimum atomic E-state index is -3.51. The highest BCUT2D eigenvalue weighted by Gasteiger charge is 2.37. The second kappa shape index (κ2) is 9.93. The van der Waals surface area contributed by atoms with Crippen molar-refractivity contribution in [2.75, 3.05) is 0 Å². The predicted molar refractivity (Wildman–Crippen MR) is 134 cm³/mol. The molecule has 0 saturated heterocycles. The lowest BCUT2D eigenvalue weighted by Gasteiger charge is -2.32. The number of aromatic nitrogens is 3. The van der Waals surface area contributed by atoms with Crippen LogP contribution in [-0.2, 0) is 11.8 Å². The van der Waals surface area contributed by atoms with E-state index in [-0.39, 0.29) is 11.5 Å². The van der Waals surface area contributed by atoms with Crippen molar-refractivity contribution in [2.24, 2.45) is 13.0 Å². The number of amides is 1. The number of carbonyl (C=O) groups excluding carboxylic acids is 1. The Kier molecular flexibility index (Phi) is 6.92. The molecule has 0 bridgehead atoms. The number of nitrogens with one attached hydrogen (secondary N) is 1. The maximum Gasteiger partial charge on any atom is 0.321 e. The van der Waals surface area contributed by atoms with Crippen molar-refractivity contribution < 1.29 is 18.3 Å². The summed E-state index contributed by atoms with van der Waals surface area (Å²) in [4.78, 5) is 23.9. The van der Waals surface area contributed by atoms with Crippen LogP contribution in [0, 0.1) is 5.92 Å². The molecule has 7 nitrogen and oxygen atoms in total. The number of nitrogens with zero attached hydrogens (tertiary/aromatic N) is 3. The fourth-order valence-electron chi connectivity index (χ4n) is 4.00. The van der Waals surface area contributed by atoms with Gasteiger partial charge in [0.1, 0.15) is 11.9 Å². The van der Waals surface area contributed by atoms with Gasteiger partial charge in [0, 0.05) is 31.6 Å². The van der Waals surface area contributed by atoms with E-state index in [1.54, 1.807) is 36.3 Å². The Hall–Kier alpha value is -4.01. The normalized spacial score (nSPS) is 13.5. The van der Waals surface area contributed by atoms with Gasteiger partial charge in [0.05, 0.1) is 23.4 Å². The first-order valence-corrected chi connectivity index (χ1v) is 11.6. The molecule has 1 N–H and O–H groups in total. The van der Waals surface area contributed by atoms with Gasteiger partial charge in [-0.15, -0.1) is 0 Å². The van der Waals surface area contributed by atoms with Crippen LogP contribution in [0.3, 0.4) is 0 Å². The molecule has 36 heavy (non-hydrogen) atoms. The molecule has 4 aromatic rings. The third kappa shape index (κ3) is 5.30. The number of fused-ring (bicyclic) bond motifs is 1. The maximum atomic E-state index is 13.7. The summed E-state index contributed by atoms with van der Waals surface area (Å²) in [6.07, 6.45) is 2.67. The van der Waals surface area contributed by atoms with E-state index in [4.69, 9.17) is 4.74 Å². The first-order valence-electron chi connectivity index (χ1n) is 11.6. The maximum absolute atomic E-state index is 13.7. The number of benzene rings is 2. The molecule has 4 rings (SSSR count). The second-order valence-corrected chi connectivity index (χ2v) is 9.19. The van der Waals surface area contributed by atoms with Gasteiger partial charge < -0.3 is 14.6 Å². The molecule has 2 aromatic carbocycles. The average Bonchev–Trinajstić information content (AvgIpc) is 3.26. The molecule has 2 heterocycles. The average molecular weight is 495 g/mol. The molecular weight excluding hydrogens is 466 g/mol. The van der Waals surface area contributed by atoms with Gasteiger partial charge in [-0.3, -0.25) is 9.59 Å². The Morgan fingerprint density at radius 1 is 1.08 bits per heavy atom. The summed E-state index contributed by atoms with van der Waals surface area (Å²) in [7, 11) is 1.67. The van der Waals surface area contributed by atoms with Crippen LogP contribution in [0.1, 0.15) is 32.4 Å². The standard InChI is InChI=1S/C27H28F2N4O3/c1-17(2)24(31-26(35)27(3,28)29)25(18-8-6-5-7-9-18)36-21-11-12-22-19(14-21)15-30-33(22)20-10-13-23(34)32(4)16-20/h5-17,24-25H,1-4H3,(H,31,35)/t24-,25+/m0/s1. The lowest BCUT2D eigenvalue weighted by molar-refractivity contribution is -0.145. The molecule has 9 heteroatoms. The number of carbonyl (C=O) groups is 1. The summed E-state index contributed by atoms with van der Waals surface area (Å²) in [5, 5.41) is 7.73. The van der Waals surface area contributed by atoms with Crippen molar-refractivity contribution in [1.29, 1.82) is 0 Å². The van der Waals surface area contributed by atoms with Crippen LogP contribution in [0.2, 0.25) is 0 Å². The molecule has 0 aliphatic carbocycles. The lowest BCUT2D eigenvalue weighted by Crippen LogP contribution is -2.49. The highest BCUT2D eigenvalue weighted by Crippen LogP contribution is 2.31. The summed E-state index contributed by atoms with van der Waals surface area (Å²) in [6.45, 7) is 4.27. The molecule has 188 valence electrons. The summed E-state index contributed by atoms with van der Waals surface area (Å²) in [5.74, 6) is -4.56. The van der Waals surface area contributed by atoms with E-state index in [1.807, 2.05) is 56.3 Å². The van der Waals surface area contributed by atoms with Crippen molar-refractivity contribution in [3.63, 3.8) is 0 Å². The number of alkyl halides is 2. The number of ether oxygens (including phenoxy) is 1. The fraction of sp³-hybridized carbons (Fsp3) is 0.296. The van der Waals surface area contributed by atoms with Gasteiger partial charge in [-0.2, -0.15) is 13.9 Å². The molecule has 0 aliphatic heterocycles. The third-order valence-electron chi connectivity index (χ3n) is 5.99. The van der Waals surface area contributed by atoms with Gasteiger partial charge in [-0.1, -0.05) is 44.2 Å². The molecule has 1 amide bonds. The molecule has 0 radical (unpaired) electrons. The zero-order valence-electron chi connectivity index (χ0n) is 20.5. The Morgan fingerprint density at radius 3 is 2.44 bits per heavy atom. The van der Waals surface area contributed by atoms with Crippen molar-refractivity contribution >= 4 is 16.8 Å². The number of halogens is 2. The Morgan fingerprint density at radius 2 is 1.81 bits per heavy atom. The van der Waals surface area contributed by atoms with Gasteiger partial charge in [0.25, 0.3) is 5.91 Å². The minimum absolute atomic E-state index is 0.120. The van der Waals surface area contributed by atoms with Gasteiger partial charge >= 0.3 is 5.92 Å². The van der Waals surface area contributed by atoms with Crippen LogP contribution in [0.15, 0.2) is 77.9 Å². The number of hydrogen-bond donors (Lipinski definition) is 1. The summed E-state index contributed by atoms with van der Waals surface area (Å²) in [5.41, 5.74) is 2.16. The fourth-order valence-corrected chi connectivity index (χ4v) is 4.00. The predicted octanol–water partition coefficient (Wildman–Crippen LogP) is 4.64. The number of hydrogen-bond acceptors (Lipinski definition) is 4. The summed E-state index contributed by atoms with van der Waals surface area (Å²) >= 11 is 0. The topological polar surface area (TPSA) is 78.2 Å². The van der Waals surface area contributed by atoms with E-state index in [2.05, 4.69) is 10.4 Å². The van der Waals surface area contributed by atoms with E-state index < -0.39 is 24.0 Å². The molecule has 0 fully saturated rings. The highest BCUT2D eigenvalue weighted by atomic mass is 19.3. The zero-order valence-corrected chi connectivity index (χ0v) is 20.5. The molecule has 0 aliphatic rings. The molecular formula is C27H28F2N4O3. The Labute approximate surface area is 207 Å². The van der Waals surface area contributed by atoms with E-state index >= 15 is 0 Å². The lowest BCUT2D eigenvalue weighted by atomic mass is 9.92. The number of rotatable bonds is 8. The SMILES string of the molecule is CC(C)[C@H](NC(=O)C(C)(F)F)[C@H](Oc1ccc2c(cnn2-c2ccc(=O)n(C)c2)c1)c1ccccc1. The van der Waals surface area contributed by atoms with Crippen LogP contribution < -0.4 is 15.6 Å². The van der Waals surface area contributed by atoms with Crippen LogP contribution in [0.5, 0.6) is 5.75 Å². The van der Waals surface area contributed by atoms with Crippen molar-refractivity contribution in [2.45, 2.75) is 38.8 Å². The van der Waals surface area contributed by atoms with Crippen LogP contribution in [0.4, 0.5) is 8.78 Å². The molecule has 2 atom stereocenters. The molecule has 2 aromatic heterocycles. The van der Waals surface area contributed by atoms with Gasteiger partial charge in [-0.05, 0) is 35.7 Å². The van der Waals surface area contributed by atoms with Crippen molar-refractivity contribution in [1.82, 2.24) is 19.7 Å². The zero-order chi connectivity index (χ0) is 26.0. The number of pyridine rings is 1.